The summed E-state index contributed by atoms with van der Waals surface area (Å²) in [4.78, 5) is 11.6. The minimum atomic E-state index is -0.220. The molecule has 0 heterocycles. The molecule has 2 rings (SSSR count). The van der Waals surface area contributed by atoms with Crippen LogP contribution in [0.25, 0.3) is 6.08 Å². The molecule has 18 heavy (non-hydrogen) atoms. The third-order valence-electron chi connectivity index (χ3n) is 3.32. The summed E-state index contributed by atoms with van der Waals surface area (Å²) in [6.07, 6.45) is 9.14. The van der Waals surface area contributed by atoms with Gasteiger partial charge < -0.3 is 4.74 Å². The Hall–Kier alpha value is -1.57. The van der Waals surface area contributed by atoms with Crippen LogP contribution in [0.15, 0.2) is 30.3 Å². The summed E-state index contributed by atoms with van der Waals surface area (Å²) in [7, 11) is 0. The van der Waals surface area contributed by atoms with E-state index in [4.69, 9.17) is 4.74 Å². The highest BCUT2D eigenvalue weighted by atomic mass is 16.5. The molecule has 0 bridgehead atoms. The number of carbonyl (C=O) groups is 1. The molecule has 1 fully saturated rings. The number of aryl methyl sites for hydroxylation is 1. The fourth-order valence-corrected chi connectivity index (χ4v) is 2.23. The Labute approximate surface area is 109 Å². The highest BCUT2D eigenvalue weighted by molar-refractivity contribution is 5.87. The van der Waals surface area contributed by atoms with Gasteiger partial charge in [0.2, 0.25) is 0 Å². The minimum Gasteiger partial charge on any atom is -0.459 e. The van der Waals surface area contributed by atoms with E-state index in [1.54, 1.807) is 0 Å². The summed E-state index contributed by atoms with van der Waals surface area (Å²) in [6, 6.07) is 8.07. The van der Waals surface area contributed by atoms with Gasteiger partial charge >= 0.3 is 5.97 Å². The average Bonchev–Trinajstić information content (AvgIpc) is 2.39. The first-order chi connectivity index (χ1) is 8.74. The van der Waals surface area contributed by atoms with E-state index < -0.39 is 0 Å². The van der Waals surface area contributed by atoms with Gasteiger partial charge in [-0.2, -0.15) is 0 Å². The topological polar surface area (TPSA) is 26.3 Å². The zero-order chi connectivity index (χ0) is 12.8. The summed E-state index contributed by atoms with van der Waals surface area (Å²) in [5.41, 5.74) is 2.25. The molecule has 1 saturated carbocycles. The third kappa shape index (κ3) is 4.02. The van der Waals surface area contributed by atoms with Crippen molar-refractivity contribution in [1.82, 2.24) is 0 Å². The fraction of sp³-hybridized carbons (Fsp3) is 0.438. The largest absolute Gasteiger partial charge is 0.459 e. The predicted molar refractivity (Wildman–Crippen MR) is 73.2 cm³/mol. The standard InChI is InChI=1S/C16H20O2/c1-13-7-9-14(10-8-13)11-12-16(17)18-15-5-3-2-4-6-15/h7-12,15H,2-6H2,1H3/b12-11+. The lowest BCUT2D eigenvalue weighted by Crippen LogP contribution is -2.19. The molecule has 0 atom stereocenters. The Kier molecular flexibility index (Phi) is 4.57. The van der Waals surface area contributed by atoms with Gasteiger partial charge in [0.05, 0.1) is 0 Å². The molecule has 1 aliphatic rings. The molecular weight excluding hydrogens is 224 g/mol. The van der Waals surface area contributed by atoms with Gasteiger partial charge in [-0.25, -0.2) is 4.79 Å². The third-order valence-corrected chi connectivity index (χ3v) is 3.32. The first-order valence-corrected chi connectivity index (χ1v) is 6.69. The summed E-state index contributed by atoms with van der Waals surface area (Å²) < 4.78 is 5.41. The van der Waals surface area contributed by atoms with Gasteiger partial charge in [-0.3, -0.25) is 0 Å². The van der Waals surface area contributed by atoms with E-state index >= 15 is 0 Å². The number of hydrogen-bond donors (Lipinski definition) is 0. The molecule has 0 aliphatic heterocycles. The van der Waals surface area contributed by atoms with Crippen molar-refractivity contribution in [3.63, 3.8) is 0 Å². The Morgan fingerprint density at radius 3 is 2.50 bits per heavy atom. The van der Waals surface area contributed by atoms with Crippen LogP contribution in [0, 0.1) is 6.92 Å². The molecule has 0 N–H and O–H groups in total. The Balaban J connectivity index is 1.84. The highest BCUT2D eigenvalue weighted by Crippen LogP contribution is 2.20. The molecule has 0 saturated heterocycles. The maximum Gasteiger partial charge on any atom is 0.331 e. The lowest BCUT2D eigenvalue weighted by molar-refractivity contribution is -0.144. The van der Waals surface area contributed by atoms with E-state index in [0.29, 0.717) is 0 Å². The number of ether oxygens (including phenoxy) is 1. The normalized spacial score (nSPS) is 16.9. The van der Waals surface area contributed by atoms with Crippen LogP contribution in [-0.2, 0) is 9.53 Å². The Morgan fingerprint density at radius 1 is 1.17 bits per heavy atom. The number of rotatable bonds is 3. The van der Waals surface area contributed by atoms with Crippen LogP contribution in [0.5, 0.6) is 0 Å². The zero-order valence-electron chi connectivity index (χ0n) is 10.9. The molecule has 0 aromatic heterocycles. The Bertz CT molecular complexity index is 411. The van der Waals surface area contributed by atoms with Crippen LogP contribution in [0.1, 0.15) is 43.2 Å². The number of benzene rings is 1. The smallest absolute Gasteiger partial charge is 0.331 e. The maximum atomic E-state index is 11.6. The molecule has 96 valence electrons. The number of carbonyl (C=O) groups excluding carboxylic acids is 1. The van der Waals surface area contributed by atoms with Crippen molar-refractivity contribution in [2.45, 2.75) is 45.1 Å². The van der Waals surface area contributed by atoms with Crippen LogP contribution < -0.4 is 0 Å². The van der Waals surface area contributed by atoms with E-state index in [-0.39, 0.29) is 12.1 Å². The van der Waals surface area contributed by atoms with Crippen LogP contribution in [0.3, 0.4) is 0 Å². The SMILES string of the molecule is Cc1ccc(/C=C/C(=O)OC2CCCCC2)cc1. The van der Waals surface area contributed by atoms with Gasteiger partial charge in [0.1, 0.15) is 6.10 Å². The zero-order valence-corrected chi connectivity index (χ0v) is 10.9. The summed E-state index contributed by atoms with van der Waals surface area (Å²) in [5, 5.41) is 0. The summed E-state index contributed by atoms with van der Waals surface area (Å²) in [6.45, 7) is 2.05. The van der Waals surface area contributed by atoms with Crippen molar-refractivity contribution in [2.75, 3.05) is 0 Å². The van der Waals surface area contributed by atoms with E-state index in [1.807, 2.05) is 37.3 Å². The molecule has 0 amide bonds. The van der Waals surface area contributed by atoms with Crippen LogP contribution in [-0.4, -0.2) is 12.1 Å². The van der Waals surface area contributed by atoms with Crippen molar-refractivity contribution in [3.8, 4) is 0 Å². The van der Waals surface area contributed by atoms with E-state index in [9.17, 15) is 4.79 Å². The van der Waals surface area contributed by atoms with Crippen molar-refractivity contribution in [3.05, 3.63) is 41.5 Å². The van der Waals surface area contributed by atoms with Gasteiger partial charge in [0.25, 0.3) is 0 Å². The summed E-state index contributed by atoms with van der Waals surface area (Å²) in [5.74, 6) is -0.220. The van der Waals surface area contributed by atoms with Gasteiger partial charge in [-0.1, -0.05) is 36.2 Å². The van der Waals surface area contributed by atoms with Crippen molar-refractivity contribution >= 4 is 12.0 Å². The second-order valence-corrected chi connectivity index (χ2v) is 4.94. The molecule has 0 spiro atoms. The van der Waals surface area contributed by atoms with Crippen molar-refractivity contribution in [2.24, 2.45) is 0 Å². The lowest BCUT2D eigenvalue weighted by atomic mass is 9.98. The fourth-order valence-electron chi connectivity index (χ4n) is 2.23. The van der Waals surface area contributed by atoms with Crippen molar-refractivity contribution < 1.29 is 9.53 Å². The number of esters is 1. The summed E-state index contributed by atoms with van der Waals surface area (Å²) >= 11 is 0. The number of hydrogen-bond acceptors (Lipinski definition) is 2. The first-order valence-electron chi connectivity index (χ1n) is 6.69. The van der Waals surface area contributed by atoms with E-state index in [1.165, 1.54) is 30.9 Å². The van der Waals surface area contributed by atoms with Crippen LogP contribution in [0.2, 0.25) is 0 Å². The Morgan fingerprint density at radius 2 is 1.83 bits per heavy atom. The van der Waals surface area contributed by atoms with Gasteiger partial charge in [0, 0.05) is 6.08 Å². The highest BCUT2D eigenvalue weighted by Gasteiger charge is 2.16. The quantitative estimate of drug-likeness (QED) is 0.595. The first kappa shape index (κ1) is 12.9. The molecule has 2 nitrogen and oxygen atoms in total. The molecule has 1 aromatic rings. The molecular formula is C16H20O2. The predicted octanol–water partition coefficient (Wildman–Crippen LogP) is 3.88. The molecule has 1 aromatic carbocycles. The molecule has 0 unspecified atom stereocenters. The average molecular weight is 244 g/mol. The van der Waals surface area contributed by atoms with Crippen LogP contribution >= 0.6 is 0 Å². The molecule has 1 aliphatic carbocycles. The second kappa shape index (κ2) is 6.39. The molecule has 2 heteroatoms. The van der Waals surface area contributed by atoms with Gasteiger partial charge in [-0.05, 0) is 44.2 Å². The maximum absolute atomic E-state index is 11.6. The van der Waals surface area contributed by atoms with Gasteiger partial charge in [0.15, 0.2) is 0 Å². The van der Waals surface area contributed by atoms with Crippen molar-refractivity contribution in [1.29, 1.82) is 0 Å². The van der Waals surface area contributed by atoms with E-state index in [2.05, 4.69) is 0 Å². The van der Waals surface area contributed by atoms with Crippen LogP contribution in [0.4, 0.5) is 0 Å². The molecule has 0 radical (unpaired) electrons. The van der Waals surface area contributed by atoms with E-state index in [0.717, 1.165) is 18.4 Å². The van der Waals surface area contributed by atoms with Gasteiger partial charge in [-0.15, -0.1) is 0 Å². The minimum absolute atomic E-state index is 0.133. The second-order valence-electron chi connectivity index (χ2n) is 4.94. The monoisotopic (exact) mass is 244 g/mol. The lowest BCUT2D eigenvalue weighted by Gasteiger charge is -2.20.